The summed E-state index contributed by atoms with van der Waals surface area (Å²) in [6.45, 7) is -0.320. The molecular formula is C8H9N5O3. The average Bonchev–Trinajstić information content (AvgIpc) is 2.60. The Hall–Kier alpha value is -2.22. The molecule has 8 heteroatoms. The first-order valence-electron chi connectivity index (χ1n) is 4.39. The number of carboxylic acid groups (broad SMARTS) is 1. The lowest BCUT2D eigenvalue weighted by atomic mass is 10.5. The van der Waals surface area contributed by atoms with E-state index in [1.54, 1.807) is 4.57 Å². The van der Waals surface area contributed by atoms with Crippen molar-refractivity contribution in [2.24, 2.45) is 0 Å². The van der Waals surface area contributed by atoms with Gasteiger partial charge in [0.05, 0.1) is 12.5 Å². The van der Waals surface area contributed by atoms with E-state index in [2.05, 4.69) is 15.0 Å². The monoisotopic (exact) mass is 223 g/mol. The second-order valence-corrected chi connectivity index (χ2v) is 3.02. The van der Waals surface area contributed by atoms with Crippen LogP contribution < -0.4 is 5.73 Å². The zero-order chi connectivity index (χ0) is 11.5. The fourth-order valence-corrected chi connectivity index (χ4v) is 1.19. The predicted molar refractivity (Wildman–Crippen MR) is 53.3 cm³/mol. The van der Waals surface area contributed by atoms with Crippen molar-refractivity contribution in [3.05, 3.63) is 12.5 Å². The van der Waals surface area contributed by atoms with Crippen LogP contribution in [0.25, 0.3) is 11.2 Å². The molecule has 16 heavy (non-hydrogen) atoms. The van der Waals surface area contributed by atoms with E-state index < -0.39 is 5.97 Å². The number of nitrogens with two attached hydrogens (primary N) is 1. The maximum atomic E-state index is 10.2. The summed E-state index contributed by atoms with van der Waals surface area (Å²) in [6.07, 6.45) is 2.98. The number of carboxylic acids is 1. The van der Waals surface area contributed by atoms with Crippen LogP contribution in [0.4, 0.5) is 5.95 Å². The smallest absolute Gasteiger partial charge is 0.329 e. The Kier molecular flexibility index (Phi) is 2.64. The highest BCUT2D eigenvalue weighted by Gasteiger charge is 2.05. The number of nitrogens with zero attached hydrogens (tertiary/aromatic N) is 4. The number of carbonyl (C=O) groups is 1. The topological polar surface area (TPSA) is 116 Å². The van der Waals surface area contributed by atoms with Gasteiger partial charge in [-0.1, -0.05) is 0 Å². The number of nitrogen functional groups attached to an aromatic ring is 1. The summed E-state index contributed by atoms with van der Waals surface area (Å²) in [5.74, 6) is -0.897. The van der Waals surface area contributed by atoms with E-state index in [0.29, 0.717) is 11.2 Å². The number of aromatic nitrogens is 4. The van der Waals surface area contributed by atoms with Crippen LogP contribution in [-0.4, -0.2) is 37.2 Å². The van der Waals surface area contributed by atoms with Crippen molar-refractivity contribution in [3.8, 4) is 0 Å². The van der Waals surface area contributed by atoms with Gasteiger partial charge in [0.15, 0.2) is 5.65 Å². The molecule has 0 saturated heterocycles. The molecule has 0 spiro atoms. The van der Waals surface area contributed by atoms with Crippen molar-refractivity contribution in [1.29, 1.82) is 0 Å². The van der Waals surface area contributed by atoms with Gasteiger partial charge >= 0.3 is 5.97 Å². The normalized spacial score (nSPS) is 10.8. The highest BCUT2D eigenvalue weighted by molar-refractivity contribution is 5.70. The summed E-state index contributed by atoms with van der Waals surface area (Å²) >= 11 is 0. The molecule has 3 N–H and O–H groups in total. The third kappa shape index (κ3) is 2.06. The Morgan fingerprint density at radius 3 is 3.12 bits per heavy atom. The van der Waals surface area contributed by atoms with Crippen LogP contribution >= 0.6 is 0 Å². The Morgan fingerprint density at radius 2 is 2.38 bits per heavy atom. The molecule has 84 valence electrons. The number of hydrogen-bond donors (Lipinski definition) is 2. The summed E-state index contributed by atoms with van der Waals surface area (Å²) < 4.78 is 6.46. The Balaban J connectivity index is 2.17. The van der Waals surface area contributed by atoms with Crippen molar-refractivity contribution in [2.75, 3.05) is 12.3 Å². The molecule has 0 amide bonds. The molecule has 0 fully saturated rings. The molecule has 2 heterocycles. The van der Waals surface area contributed by atoms with Gasteiger partial charge in [-0.05, 0) is 0 Å². The maximum Gasteiger partial charge on any atom is 0.329 e. The van der Waals surface area contributed by atoms with Crippen molar-refractivity contribution >= 4 is 23.1 Å². The van der Waals surface area contributed by atoms with Crippen LogP contribution in [0.1, 0.15) is 0 Å². The van der Waals surface area contributed by atoms with Gasteiger partial charge in [0.1, 0.15) is 18.9 Å². The number of aliphatic carboxylic acids is 1. The number of anilines is 1. The van der Waals surface area contributed by atoms with Crippen LogP contribution in [0.15, 0.2) is 12.5 Å². The molecule has 0 saturated carbocycles. The van der Waals surface area contributed by atoms with Crippen molar-refractivity contribution in [3.63, 3.8) is 0 Å². The van der Waals surface area contributed by atoms with E-state index in [1.165, 1.54) is 12.5 Å². The van der Waals surface area contributed by atoms with E-state index in [4.69, 9.17) is 15.6 Å². The van der Waals surface area contributed by atoms with Gasteiger partial charge < -0.3 is 15.6 Å². The SMILES string of the molecule is Nc1ncc2ncn(COCC(=O)O)c2n1. The summed E-state index contributed by atoms with van der Waals surface area (Å²) in [5, 5.41) is 8.40. The highest BCUT2D eigenvalue weighted by atomic mass is 16.5. The summed E-state index contributed by atoms with van der Waals surface area (Å²) in [7, 11) is 0. The summed E-state index contributed by atoms with van der Waals surface area (Å²) in [6, 6.07) is 0. The fourth-order valence-electron chi connectivity index (χ4n) is 1.19. The predicted octanol–water partition coefficient (Wildman–Crippen LogP) is -0.533. The minimum Gasteiger partial charge on any atom is -0.480 e. The number of fused-ring (bicyclic) bond motifs is 1. The lowest BCUT2D eigenvalue weighted by molar-refractivity contribution is -0.143. The van der Waals surface area contributed by atoms with Gasteiger partial charge in [0, 0.05) is 0 Å². The van der Waals surface area contributed by atoms with Gasteiger partial charge in [-0.2, -0.15) is 4.98 Å². The third-order valence-electron chi connectivity index (χ3n) is 1.83. The summed E-state index contributed by atoms with van der Waals surface area (Å²) in [4.78, 5) is 22.0. The molecule has 2 aromatic heterocycles. The van der Waals surface area contributed by atoms with Crippen LogP contribution in [0.5, 0.6) is 0 Å². The van der Waals surface area contributed by atoms with E-state index in [1.807, 2.05) is 0 Å². The van der Waals surface area contributed by atoms with E-state index in [9.17, 15) is 4.79 Å². The molecule has 0 aromatic carbocycles. The van der Waals surface area contributed by atoms with Gasteiger partial charge in [-0.25, -0.2) is 14.8 Å². The Morgan fingerprint density at radius 1 is 1.56 bits per heavy atom. The molecule has 0 aliphatic carbocycles. The van der Waals surface area contributed by atoms with Gasteiger partial charge in [0.2, 0.25) is 5.95 Å². The molecule has 0 atom stereocenters. The minimum atomic E-state index is -1.03. The second kappa shape index (κ2) is 4.11. The molecule has 0 aliphatic rings. The van der Waals surface area contributed by atoms with E-state index in [0.717, 1.165) is 0 Å². The van der Waals surface area contributed by atoms with Crippen molar-refractivity contribution < 1.29 is 14.6 Å². The lowest BCUT2D eigenvalue weighted by Crippen LogP contribution is -2.10. The zero-order valence-corrected chi connectivity index (χ0v) is 8.20. The number of ether oxygens (including phenoxy) is 1. The minimum absolute atomic E-state index is 0.0548. The van der Waals surface area contributed by atoms with Gasteiger partial charge in [-0.15, -0.1) is 0 Å². The number of rotatable bonds is 4. The Bertz CT molecular complexity index is 523. The number of imidazole rings is 1. The standard InChI is InChI=1S/C8H9N5O3/c9-8-10-1-5-7(12-8)13(3-11-5)4-16-2-6(14)15/h1,3H,2,4H2,(H,14,15)(H2,9,10,12). The zero-order valence-electron chi connectivity index (χ0n) is 8.20. The first kappa shape index (κ1) is 10.3. The maximum absolute atomic E-state index is 10.2. The van der Waals surface area contributed by atoms with E-state index in [-0.39, 0.29) is 19.3 Å². The molecule has 8 nitrogen and oxygen atoms in total. The molecule has 2 aromatic rings. The molecule has 0 bridgehead atoms. The van der Waals surface area contributed by atoms with Crippen LogP contribution in [0, 0.1) is 0 Å². The van der Waals surface area contributed by atoms with Crippen LogP contribution in [0.3, 0.4) is 0 Å². The molecule has 0 radical (unpaired) electrons. The summed E-state index contributed by atoms with van der Waals surface area (Å²) in [5.41, 5.74) is 6.52. The number of hydrogen-bond acceptors (Lipinski definition) is 6. The Labute approximate surface area is 89.7 Å². The van der Waals surface area contributed by atoms with Gasteiger partial charge in [-0.3, -0.25) is 4.57 Å². The van der Waals surface area contributed by atoms with Crippen LogP contribution in [0.2, 0.25) is 0 Å². The molecular weight excluding hydrogens is 214 g/mol. The van der Waals surface area contributed by atoms with Crippen LogP contribution in [-0.2, 0) is 16.3 Å². The lowest BCUT2D eigenvalue weighted by Gasteiger charge is -2.03. The first-order valence-corrected chi connectivity index (χ1v) is 4.39. The van der Waals surface area contributed by atoms with E-state index >= 15 is 0 Å². The largest absolute Gasteiger partial charge is 0.480 e. The molecule has 0 aliphatic heterocycles. The van der Waals surface area contributed by atoms with Crippen molar-refractivity contribution in [1.82, 2.24) is 19.5 Å². The van der Waals surface area contributed by atoms with Crippen molar-refractivity contribution in [2.45, 2.75) is 6.73 Å². The highest BCUT2D eigenvalue weighted by Crippen LogP contribution is 2.09. The quantitative estimate of drug-likeness (QED) is 0.715. The van der Waals surface area contributed by atoms with Gasteiger partial charge in [0.25, 0.3) is 0 Å². The average molecular weight is 223 g/mol. The second-order valence-electron chi connectivity index (χ2n) is 3.02. The fraction of sp³-hybridized carbons (Fsp3) is 0.250. The first-order chi connectivity index (χ1) is 7.66. The third-order valence-corrected chi connectivity index (χ3v) is 1.83. The molecule has 2 rings (SSSR count). The molecule has 0 unspecified atom stereocenters.